The molecule has 5 heteroatoms. The van der Waals surface area contributed by atoms with Crippen molar-refractivity contribution in [2.24, 2.45) is 5.73 Å². The maximum atomic E-state index is 13.9. The molecule has 0 aromatic heterocycles. The minimum absolute atomic E-state index is 0.0561. The highest BCUT2D eigenvalue weighted by molar-refractivity contribution is 6.30. The lowest BCUT2D eigenvalue weighted by atomic mass is 9.99. The van der Waals surface area contributed by atoms with E-state index in [1.807, 2.05) is 6.92 Å². The van der Waals surface area contributed by atoms with Crippen LogP contribution in [0.25, 0.3) is 0 Å². The summed E-state index contributed by atoms with van der Waals surface area (Å²) in [5.74, 6) is -0.694. The molecule has 0 aliphatic rings. The third-order valence-corrected chi connectivity index (χ3v) is 3.19. The molecule has 0 saturated carbocycles. The summed E-state index contributed by atoms with van der Waals surface area (Å²) in [6, 6.07) is 8.14. The number of benzene rings is 2. The Bertz CT molecular complexity index is 619. The summed E-state index contributed by atoms with van der Waals surface area (Å²) in [7, 11) is 0. The number of ether oxygens (including phenoxy) is 1. The number of hydrogen-bond donors (Lipinski definition) is 1. The molecule has 0 bridgehead atoms. The maximum Gasteiger partial charge on any atom is 0.142 e. The third-order valence-electron chi connectivity index (χ3n) is 2.90. The fourth-order valence-corrected chi connectivity index (χ4v) is 2.07. The second-order valence-corrected chi connectivity index (χ2v) is 4.68. The molecule has 0 fully saturated rings. The van der Waals surface area contributed by atoms with Crippen LogP contribution in [0.5, 0.6) is 5.75 Å². The minimum Gasteiger partial charge on any atom is -0.494 e. The number of hydrogen-bond acceptors (Lipinski definition) is 2. The molecule has 2 nitrogen and oxygen atoms in total. The second-order valence-electron chi connectivity index (χ2n) is 4.27. The van der Waals surface area contributed by atoms with Gasteiger partial charge < -0.3 is 10.5 Å². The fraction of sp³-hybridized carbons (Fsp3) is 0.200. The number of nitrogens with two attached hydrogens (primary N) is 1. The van der Waals surface area contributed by atoms with Crippen LogP contribution < -0.4 is 10.5 Å². The molecule has 2 rings (SSSR count). The smallest absolute Gasteiger partial charge is 0.142 e. The zero-order chi connectivity index (χ0) is 14.7. The van der Waals surface area contributed by atoms with E-state index >= 15 is 0 Å². The van der Waals surface area contributed by atoms with Crippen molar-refractivity contribution < 1.29 is 13.5 Å². The molecule has 2 aromatic carbocycles. The van der Waals surface area contributed by atoms with Gasteiger partial charge in [-0.25, -0.2) is 8.78 Å². The first-order valence-corrected chi connectivity index (χ1v) is 6.53. The molecule has 0 amide bonds. The van der Waals surface area contributed by atoms with Gasteiger partial charge in [0.15, 0.2) is 0 Å². The SMILES string of the molecule is CCOc1cccc(C(N)c2cc(F)c(Cl)cc2F)c1. The Balaban J connectivity index is 2.38. The van der Waals surface area contributed by atoms with E-state index in [4.69, 9.17) is 22.1 Å². The Labute approximate surface area is 121 Å². The molecule has 2 aromatic rings. The first-order valence-electron chi connectivity index (χ1n) is 6.15. The minimum atomic E-state index is -0.790. The van der Waals surface area contributed by atoms with E-state index in [0.29, 0.717) is 17.9 Å². The zero-order valence-electron chi connectivity index (χ0n) is 10.9. The van der Waals surface area contributed by atoms with Gasteiger partial charge in [-0.3, -0.25) is 0 Å². The van der Waals surface area contributed by atoms with Gasteiger partial charge in [-0.1, -0.05) is 23.7 Å². The third kappa shape index (κ3) is 3.08. The van der Waals surface area contributed by atoms with E-state index in [1.165, 1.54) is 0 Å². The second kappa shape index (κ2) is 6.20. The predicted octanol–water partition coefficient (Wildman–Crippen LogP) is 4.07. The van der Waals surface area contributed by atoms with Gasteiger partial charge in [0.1, 0.15) is 17.4 Å². The van der Waals surface area contributed by atoms with Crippen LogP contribution in [0.15, 0.2) is 36.4 Å². The van der Waals surface area contributed by atoms with Gasteiger partial charge in [-0.05, 0) is 36.8 Å². The molecule has 0 heterocycles. The van der Waals surface area contributed by atoms with E-state index in [1.54, 1.807) is 24.3 Å². The summed E-state index contributed by atoms with van der Waals surface area (Å²) in [6.07, 6.45) is 0. The molecule has 2 N–H and O–H groups in total. The van der Waals surface area contributed by atoms with Gasteiger partial charge in [0.05, 0.1) is 17.7 Å². The van der Waals surface area contributed by atoms with Crippen LogP contribution in [-0.4, -0.2) is 6.61 Å². The molecule has 1 unspecified atom stereocenters. The number of rotatable bonds is 4. The van der Waals surface area contributed by atoms with Gasteiger partial charge in [-0.2, -0.15) is 0 Å². The Morgan fingerprint density at radius 3 is 2.65 bits per heavy atom. The van der Waals surface area contributed by atoms with E-state index in [-0.39, 0.29) is 10.6 Å². The van der Waals surface area contributed by atoms with Crippen molar-refractivity contribution in [3.63, 3.8) is 0 Å². The molecular weight excluding hydrogens is 284 g/mol. The van der Waals surface area contributed by atoms with Gasteiger partial charge in [0, 0.05) is 5.56 Å². The Kier molecular flexibility index (Phi) is 4.57. The van der Waals surface area contributed by atoms with Crippen molar-refractivity contribution in [2.45, 2.75) is 13.0 Å². The quantitative estimate of drug-likeness (QED) is 0.864. The van der Waals surface area contributed by atoms with Crippen molar-refractivity contribution in [2.75, 3.05) is 6.61 Å². The van der Waals surface area contributed by atoms with Crippen LogP contribution in [0.1, 0.15) is 24.1 Å². The lowest BCUT2D eigenvalue weighted by Gasteiger charge is -2.15. The van der Waals surface area contributed by atoms with Crippen LogP contribution in [0.2, 0.25) is 5.02 Å². The molecule has 1 atom stereocenters. The molecule has 0 aliphatic heterocycles. The standard InChI is InChI=1S/C15H14ClF2NO/c1-2-20-10-5-3-4-9(6-10)15(19)11-7-14(18)12(16)8-13(11)17/h3-8,15H,2,19H2,1H3. The maximum absolute atomic E-state index is 13.9. The van der Waals surface area contributed by atoms with Crippen LogP contribution in [0.3, 0.4) is 0 Å². The highest BCUT2D eigenvalue weighted by Gasteiger charge is 2.17. The molecule has 0 radical (unpaired) electrons. The molecule has 106 valence electrons. The Morgan fingerprint density at radius 2 is 1.95 bits per heavy atom. The van der Waals surface area contributed by atoms with E-state index in [2.05, 4.69) is 0 Å². The highest BCUT2D eigenvalue weighted by atomic mass is 35.5. The summed E-state index contributed by atoms with van der Waals surface area (Å²) in [6.45, 7) is 2.38. The van der Waals surface area contributed by atoms with Crippen molar-refractivity contribution >= 4 is 11.6 Å². The average molecular weight is 298 g/mol. The zero-order valence-corrected chi connectivity index (χ0v) is 11.6. The van der Waals surface area contributed by atoms with Crippen molar-refractivity contribution in [1.29, 1.82) is 0 Å². The first kappa shape index (κ1) is 14.8. The highest BCUT2D eigenvalue weighted by Crippen LogP contribution is 2.28. The first-order chi connectivity index (χ1) is 9.52. The molecule has 0 aliphatic carbocycles. The van der Waals surface area contributed by atoms with Crippen LogP contribution in [-0.2, 0) is 0 Å². The lowest BCUT2D eigenvalue weighted by molar-refractivity contribution is 0.340. The monoisotopic (exact) mass is 297 g/mol. The molecular formula is C15H14ClF2NO. The summed E-state index contributed by atoms with van der Waals surface area (Å²) in [5, 5.41) is -0.262. The summed E-state index contributed by atoms with van der Waals surface area (Å²) >= 11 is 5.53. The molecule has 20 heavy (non-hydrogen) atoms. The van der Waals surface area contributed by atoms with Gasteiger partial charge >= 0.3 is 0 Å². The molecule has 0 spiro atoms. The normalized spacial score (nSPS) is 12.2. The largest absolute Gasteiger partial charge is 0.494 e. The van der Waals surface area contributed by atoms with E-state index in [9.17, 15) is 8.78 Å². The summed E-state index contributed by atoms with van der Waals surface area (Å²) in [4.78, 5) is 0. The average Bonchev–Trinajstić information content (AvgIpc) is 2.43. The Hall–Kier alpha value is -1.65. The Morgan fingerprint density at radius 1 is 1.20 bits per heavy atom. The van der Waals surface area contributed by atoms with Crippen LogP contribution in [0, 0.1) is 11.6 Å². The van der Waals surface area contributed by atoms with Crippen molar-refractivity contribution in [3.8, 4) is 5.75 Å². The fourth-order valence-electron chi connectivity index (χ4n) is 1.92. The van der Waals surface area contributed by atoms with Crippen molar-refractivity contribution in [3.05, 3.63) is 64.2 Å². The van der Waals surface area contributed by atoms with E-state index < -0.39 is 17.7 Å². The summed E-state index contributed by atoms with van der Waals surface area (Å²) < 4.78 is 32.7. The van der Waals surface area contributed by atoms with Crippen LogP contribution in [0.4, 0.5) is 8.78 Å². The molecule has 0 saturated heterocycles. The van der Waals surface area contributed by atoms with Crippen LogP contribution >= 0.6 is 11.6 Å². The van der Waals surface area contributed by atoms with Gasteiger partial charge in [0.25, 0.3) is 0 Å². The topological polar surface area (TPSA) is 35.2 Å². The van der Waals surface area contributed by atoms with Gasteiger partial charge in [-0.15, -0.1) is 0 Å². The van der Waals surface area contributed by atoms with Crippen molar-refractivity contribution in [1.82, 2.24) is 0 Å². The predicted molar refractivity (Wildman–Crippen MR) is 75.0 cm³/mol. The summed E-state index contributed by atoms with van der Waals surface area (Å²) in [5.41, 5.74) is 6.69. The van der Waals surface area contributed by atoms with E-state index in [0.717, 1.165) is 12.1 Å². The lowest BCUT2D eigenvalue weighted by Crippen LogP contribution is -2.14. The number of halogens is 3. The van der Waals surface area contributed by atoms with Gasteiger partial charge in [0.2, 0.25) is 0 Å².